The molecule has 140 valence electrons. The number of nitrogens with two attached hydrogens (primary N) is 1. The number of benzene rings is 2. The molecule has 4 nitrogen and oxygen atoms in total. The van der Waals surface area contributed by atoms with Gasteiger partial charge in [0.1, 0.15) is 5.82 Å². The lowest BCUT2D eigenvalue weighted by atomic mass is 9.86. The summed E-state index contributed by atoms with van der Waals surface area (Å²) in [5.74, 6) is 1.26. The molecule has 0 bridgehead atoms. The number of methoxy groups -OCH3 is 2. The van der Waals surface area contributed by atoms with Crippen LogP contribution in [0.5, 0.6) is 11.5 Å². The average molecular weight is 358 g/mol. The summed E-state index contributed by atoms with van der Waals surface area (Å²) in [7, 11) is 3.28. The first-order valence-electron chi connectivity index (χ1n) is 9.06. The summed E-state index contributed by atoms with van der Waals surface area (Å²) in [5.41, 5.74) is 9.57. The molecule has 0 saturated carbocycles. The second-order valence-electron chi connectivity index (χ2n) is 6.73. The highest BCUT2D eigenvalue weighted by Crippen LogP contribution is 2.40. The molecule has 1 heterocycles. The maximum Gasteiger partial charge on any atom is 0.161 e. The number of nitrogens with zero attached hydrogens (tertiary/aromatic N) is 1. The molecule has 0 fully saturated rings. The Morgan fingerprint density at radius 3 is 2.54 bits per heavy atom. The molecule has 0 radical (unpaired) electrons. The van der Waals surface area contributed by atoms with Crippen LogP contribution >= 0.6 is 0 Å². The van der Waals surface area contributed by atoms with Gasteiger partial charge in [0.05, 0.1) is 20.3 Å². The second-order valence-corrected chi connectivity index (χ2v) is 6.73. The molecule has 5 heteroatoms. The first-order chi connectivity index (χ1) is 12.6. The predicted molar refractivity (Wildman–Crippen MR) is 101 cm³/mol. The van der Waals surface area contributed by atoms with Gasteiger partial charge in [0.15, 0.2) is 11.5 Å². The minimum Gasteiger partial charge on any atom is -0.493 e. The predicted octanol–water partition coefficient (Wildman–Crippen LogP) is 3.68. The van der Waals surface area contributed by atoms with Gasteiger partial charge in [-0.1, -0.05) is 25.1 Å². The van der Waals surface area contributed by atoms with E-state index in [1.54, 1.807) is 20.3 Å². The van der Waals surface area contributed by atoms with Crippen LogP contribution in [0.3, 0.4) is 0 Å². The third kappa shape index (κ3) is 3.55. The van der Waals surface area contributed by atoms with E-state index < -0.39 is 0 Å². The Hall–Kier alpha value is -2.11. The van der Waals surface area contributed by atoms with Gasteiger partial charge in [0, 0.05) is 24.7 Å². The van der Waals surface area contributed by atoms with E-state index in [0.29, 0.717) is 17.9 Å². The number of halogens is 1. The van der Waals surface area contributed by atoms with Crippen LogP contribution in [0.15, 0.2) is 36.4 Å². The first-order valence-corrected chi connectivity index (χ1v) is 9.06. The second kappa shape index (κ2) is 8.06. The van der Waals surface area contributed by atoms with Crippen LogP contribution in [0.25, 0.3) is 0 Å². The summed E-state index contributed by atoms with van der Waals surface area (Å²) >= 11 is 0. The Kier molecular flexibility index (Phi) is 5.79. The highest BCUT2D eigenvalue weighted by molar-refractivity contribution is 5.50. The molecule has 0 aliphatic carbocycles. The molecule has 0 aromatic heterocycles. The van der Waals surface area contributed by atoms with Crippen LogP contribution in [0.2, 0.25) is 0 Å². The molecule has 2 aromatic carbocycles. The van der Waals surface area contributed by atoms with Crippen molar-refractivity contribution in [2.24, 2.45) is 5.73 Å². The van der Waals surface area contributed by atoms with Gasteiger partial charge in [0.2, 0.25) is 0 Å². The standard InChI is InChI=1S/C21H27FN2O2/c1-4-18(23)21-16-12-20(26-3)19(25-2)11-14(16)9-10-24(21)13-15-7-5-6-8-17(15)22/h5-8,11-12,18,21H,4,9-10,13,23H2,1-3H3. The first kappa shape index (κ1) is 18.7. The normalized spacial score (nSPS) is 18.3. The van der Waals surface area contributed by atoms with E-state index in [2.05, 4.69) is 11.8 Å². The summed E-state index contributed by atoms with van der Waals surface area (Å²) in [4.78, 5) is 2.28. The van der Waals surface area contributed by atoms with Crippen molar-refractivity contribution in [2.45, 2.75) is 38.4 Å². The van der Waals surface area contributed by atoms with Gasteiger partial charge in [-0.2, -0.15) is 0 Å². The molecule has 1 aliphatic heterocycles. The minimum absolute atomic E-state index is 0.0168. The van der Waals surface area contributed by atoms with Gasteiger partial charge in [-0.15, -0.1) is 0 Å². The lowest BCUT2D eigenvalue weighted by molar-refractivity contribution is 0.147. The number of ether oxygens (including phenoxy) is 2. The van der Waals surface area contributed by atoms with Crippen LogP contribution in [0, 0.1) is 5.82 Å². The van der Waals surface area contributed by atoms with E-state index in [9.17, 15) is 4.39 Å². The number of rotatable bonds is 6. The third-order valence-corrected chi connectivity index (χ3v) is 5.23. The number of hydrogen-bond donors (Lipinski definition) is 1. The van der Waals surface area contributed by atoms with Crippen LogP contribution in [-0.4, -0.2) is 31.7 Å². The van der Waals surface area contributed by atoms with Crippen molar-refractivity contribution in [3.8, 4) is 11.5 Å². The summed E-state index contributed by atoms with van der Waals surface area (Å²) in [6, 6.07) is 11.0. The molecule has 3 rings (SSSR count). The molecule has 0 amide bonds. The summed E-state index contributed by atoms with van der Waals surface area (Å²) in [5, 5.41) is 0. The molecule has 2 unspecified atom stereocenters. The zero-order valence-corrected chi connectivity index (χ0v) is 15.7. The molecule has 2 atom stereocenters. The summed E-state index contributed by atoms with van der Waals surface area (Å²) in [6.45, 7) is 3.45. The monoisotopic (exact) mass is 358 g/mol. The van der Waals surface area contributed by atoms with E-state index in [0.717, 1.165) is 30.7 Å². The molecular weight excluding hydrogens is 331 g/mol. The Labute approximate surface area is 154 Å². The Balaban J connectivity index is 2.00. The Morgan fingerprint density at radius 2 is 1.88 bits per heavy atom. The van der Waals surface area contributed by atoms with Crippen LogP contribution in [0.1, 0.15) is 36.1 Å². The maximum absolute atomic E-state index is 14.2. The van der Waals surface area contributed by atoms with Gasteiger partial charge in [0.25, 0.3) is 0 Å². The zero-order valence-electron chi connectivity index (χ0n) is 15.7. The van der Waals surface area contributed by atoms with Crippen LogP contribution in [0.4, 0.5) is 4.39 Å². The van der Waals surface area contributed by atoms with Crippen LogP contribution in [-0.2, 0) is 13.0 Å². The van der Waals surface area contributed by atoms with Gasteiger partial charge >= 0.3 is 0 Å². The molecule has 1 aliphatic rings. The lowest BCUT2D eigenvalue weighted by Gasteiger charge is -2.40. The smallest absolute Gasteiger partial charge is 0.161 e. The lowest BCUT2D eigenvalue weighted by Crippen LogP contribution is -2.44. The summed E-state index contributed by atoms with van der Waals surface area (Å²) in [6.07, 6.45) is 1.71. The fourth-order valence-electron chi connectivity index (χ4n) is 3.78. The van der Waals surface area contributed by atoms with Crippen molar-refractivity contribution in [3.63, 3.8) is 0 Å². The minimum atomic E-state index is -0.172. The molecule has 0 spiro atoms. The fraction of sp³-hybridized carbons (Fsp3) is 0.429. The van der Waals surface area contributed by atoms with Gasteiger partial charge in [-0.05, 0) is 42.2 Å². The summed E-state index contributed by atoms with van der Waals surface area (Å²) < 4.78 is 25.1. The molecule has 26 heavy (non-hydrogen) atoms. The highest BCUT2D eigenvalue weighted by atomic mass is 19.1. The van der Waals surface area contributed by atoms with Gasteiger partial charge in [-0.25, -0.2) is 4.39 Å². The maximum atomic E-state index is 14.2. The van der Waals surface area contributed by atoms with Crippen molar-refractivity contribution in [1.29, 1.82) is 0 Å². The average Bonchev–Trinajstić information content (AvgIpc) is 2.67. The Bertz CT molecular complexity index is 766. The molecule has 2 N–H and O–H groups in total. The topological polar surface area (TPSA) is 47.7 Å². The quantitative estimate of drug-likeness (QED) is 0.856. The van der Waals surface area contributed by atoms with Gasteiger partial charge < -0.3 is 15.2 Å². The van der Waals surface area contributed by atoms with Gasteiger partial charge in [-0.3, -0.25) is 4.90 Å². The third-order valence-electron chi connectivity index (χ3n) is 5.23. The van der Waals surface area contributed by atoms with E-state index >= 15 is 0 Å². The molecule has 0 saturated heterocycles. The van der Waals surface area contributed by atoms with Crippen molar-refractivity contribution in [2.75, 3.05) is 20.8 Å². The van der Waals surface area contributed by atoms with E-state index in [1.807, 2.05) is 24.3 Å². The fourth-order valence-corrected chi connectivity index (χ4v) is 3.78. The number of fused-ring (bicyclic) bond motifs is 1. The molecular formula is C21H27FN2O2. The zero-order chi connectivity index (χ0) is 18.7. The van der Waals surface area contributed by atoms with E-state index in [1.165, 1.54) is 11.6 Å². The van der Waals surface area contributed by atoms with Crippen molar-refractivity contribution in [3.05, 3.63) is 58.9 Å². The van der Waals surface area contributed by atoms with Crippen molar-refractivity contribution in [1.82, 2.24) is 4.90 Å². The van der Waals surface area contributed by atoms with Crippen LogP contribution < -0.4 is 15.2 Å². The molecule has 2 aromatic rings. The highest BCUT2D eigenvalue weighted by Gasteiger charge is 2.33. The largest absolute Gasteiger partial charge is 0.493 e. The van der Waals surface area contributed by atoms with E-state index in [4.69, 9.17) is 15.2 Å². The number of hydrogen-bond acceptors (Lipinski definition) is 4. The van der Waals surface area contributed by atoms with Crippen molar-refractivity contribution < 1.29 is 13.9 Å². The van der Waals surface area contributed by atoms with Crippen molar-refractivity contribution >= 4 is 0 Å². The van der Waals surface area contributed by atoms with E-state index in [-0.39, 0.29) is 17.9 Å². The SMILES string of the molecule is CCC(N)C1c2cc(OC)c(OC)cc2CCN1Cc1ccccc1F. The Morgan fingerprint density at radius 1 is 1.19 bits per heavy atom.